The summed E-state index contributed by atoms with van der Waals surface area (Å²) in [7, 11) is 4.21. The van der Waals surface area contributed by atoms with E-state index in [1.165, 1.54) is 31.4 Å². The molecule has 0 amide bonds. The minimum atomic E-state index is -0.575. The molecule has 4 nitrogen and oxygen atoms in total. The molecule has 118 valence electrons. The zero-order valence-corrected chi connectivity index (χ0v) is 12.8. The lowest BCUT2D eigenvalue weighted by atomic mass is 9.75. The Morgan fingerprint density at radius 1 is 1.33 bits per heavy atom. The fraction of sp³-hybridized carbons (Fsp3) is 0.625. The van der Waals surface area contributed by atoms with Crippen LogP contribution in [0.1, 0.15) is 19.3 Å². The van der Waals surface area contributed by atoms with Crippen LogP contribution in [0.15, 0.2) is 24.3 Å². The summed E-state index contributed by atoms with van der Waals surface area (Å²) in [6.45, 7) is 1.58. The fourth-order valence-electron chi connectivity index (χ4n) is 2.62. The van der Waals surface area contributed by atoms with Gasteiger partial charge in [-0.15, -0.1) is 0 Å². The minimum Gasteiger partial charge on any atom is -0.491 e. The van der Waals surface area contributed by atoms with E-state index in [0.29, 0.717) is 12.3 Å². The van der Waals surface area contributed by atoms with Crippen molar-refractivity contribution in [2.24, 2.45) is 0 Å². The zero-order valence-electron chi connectivity index (χ0n) is 12.8. The van der Waals surface area contributed by atoms with Crippen LogP contribution >= 0.6 is 0 Å². The van der Waals surface area contributed by atoms with Crippen molar-refractivity contribution in [2.75, 3.05) is 33.8 Å². The Morgan fingerprint density at radius 3 is 2.52 bits per heavy atom. The van der Waals surface area contributed by atoms with Crippen molar-refractivity contribution in [3.05, 3.63) is 30.1 Å². The molecule has 1 aliphatic carbocycles. The lowest BCUT2D eigenvalue weighted by Gasteiger charge is -2.47. The summed E-state index contributed by atoms with van der Waals surface area (Å²) in [5, 5.41) is 13.2. The highest BCUT2D eigenvalue weighted by Crippen LogP contribution is 2.35. The SMILES string of the molecule is CN(C)C1(CNCC(O)COc2ccc(F)cc2)CCC1. The van der Waals surface area contributed by atoms with Gasteiger partial charge in [-0.05, 0) is 57.6 Å². The maximum absolute atomic E-state index is 12.7. The topological polar surface area (TPSA) is 44.7 Å². The molecule has 0 aliphatic heterocycles. The van der Waals surface area contributed by atoms with Crippen molar-refractivity contribution in [1.29, 1.82) is 0 Å². The van der Waals surface area contributed by atoms with Crippen molar-refractivity contribution in [1.82, 2.24) is 10.2 Å². The molecular weight excluding hydrogens is 271 g/mol. The van der Waals surface area contributed by atoms with Crippen LogP contribution in [0.4, 0.5) is 4.39 Å². The van der Waals surface area contributed by atoms with Crippen LogP contribution in [0.2, 0.25) is 0 Å². The van der Waals surface area contributed by atoms with Gasteiger partial charge in [0.2, 0.25) is 0 Å². The van der Waals surface area contributed by atoms with Crippen LogP contribution in [-0.2, 0) is 0 Å². The first kappa shape index (κ1) is 16.2. The highest BCUT2D eigenvalue weighted by atomic mass is 19.1. The number of aliphatic hydroxyl groups excluding tert-OH is 1. The molecule has 21 heavy (non-hydrogen) atoms. The monoisotopic (exact) mass is 296 g/mol. The van der Waals surface area contributed by atoms with Gasteiger partial charge in [0.15, 0.2) is 0 Å². The molecule has 1 atom stereocenters. The number of ether oxygens (including phenoxy) is 1. The van der Waals surface area contributed by atoms with E-state index in [1.54, 1.807) is 12.1 Å². The summed E-state index contributed by atoms with van der Waals surface area (Å²) in [5.41, 5.74) is 0.248. The van der Waals surface area contributed by atoms with Crippen LogP contribution in [-0.4, -0.2) is 55.4 Å². The number of rotatable bonds is 8. The molecule has 1 saturated carbocycles. The van der Waals surface area contributed by atoms with E-state index < -0.39 is 6.10 Å². The number of likely N-dealkylation sites (N-methyl/N-ethyl adjacent to an activating group) is 1. The molecule has 2 N–H and O–H groups in total. The average molecular weight is 296 g/mol. The molecule has 0 spiro atoms. The Hall–Kier alpha value is -1.17. The molecule has 1 fully saturated rings. The highest BCUT2D eigenvalue weighted by Gasteiger charge is 2.38. The number of hydrogen-bond donors (Lipinski definition) is 2. The molecule has 0 aromatic heterocycles. The van der Waals surface area contributed by atoms with E-state index in [9.17, 15) is 9.50 Å². The summed E-state index contributed by atoms with van der Waals surface area (Å²) in [4.78, 5) is 2.27. The van der Waals surface area contributed by atoms with Gasteiger partial charge in [-0.2, -0.15) is 0 Å². The predicted octanol–water partition coefficient (Wildman–Crippen LogP) is 1.64. The molecule has 0 bridgehead atoms. The third-order valence-corrected chi connectivity index (χ3v) is 4.32. The van der Waals surface area contributed by atoms with E-state index in [1.807, 2.05) is 0 Å². The van der Waals surface area contributed by atoms with Crippen LogP contribution in [0.3, 0.4) is 0 Å². The number of halogens is 1. The van der Waals surface area contributed by atoms with E-state index in [4.69, 9.17) is 4.74 Å². The van der Waals surface area contributed by atoms with E-state index in [2.05, 4.69) is 24.3 Å². The second-order valence-corrected chi connectivity index (χ2v) is 6.02. The number of nitrogens with one attached hydrogen (secondary N) is 1. The number of hydrogen-bond acceptors (Lipinski definition) is 4. The van der Waals surface area contributed by atoms with Crippen molar-refractivity contribution >= 4 is 0 Å². The molecule has 0 heterocycles. The van der Waals surface area contributed by atoms with Crippen molar-refractivity contribution < 1.29 is 14.2 Å². The summed E-state index contributed by atoms with van der Waals surface area (Å²) >= 11 is 0. The Balaban J connectivity index is 1.65. The van der Waals surface area contributed by atoms with Crippen LogP contribution < -0.4 is 10.1 Å². The van der Waals surface area contributed by atoms with Gasteiger partial charge in [-0.25, -0.2) is 4.39 Å². The van der Waals surface area contributed by atoms with Crippen LogP contribution in [0, 0.1) is 5.82 Å². The fourth-order valence-corrected chi connectivity index (χ4v) is 2.62. The van der Waals surface area contributed by atoms with Gasteiger partial charge in [0.1, 0.15) is 24.3 Å². The highest BCUT2D eigenvalue weighted by molar-refractivity contribution is 5.22. The Morgan fingerprint density at radius 2 is 2.00 bits per heavy atom. The van der Waals surface area contributed by atoms with Gasteiger partial charge in [0, 0.05) is 18.6 Å². The predicted molar refractivity (Wildman–Crippen MR) is 81.0 cm³/mol. The quantitative estimate of drug-likeness (QED) is 0.765. The van der Waals surface area contributed by atoms with Gasteiger partial charge < -0.3 is 20.1 Å². The summed E-state index contributed by atoms with van der Waals surface area (Å²) in [6, 6.07) is 5.81. The smallest absolute Gasteiger partial charge is 0.123 e. The van der Waals surface area contributed by atoms with Gasteiger partial charge >= 0.3 is 0 Å². The minimum absolute atomic E-state index is 0.202. The number of benzene rings is 1. The van der Waals surface area contributed by atoms with Crippen molar-refractivity contribution in [2.45, 2.75) is 30.9 Å². The van der Waals surface area contributed by atoms with E-state index >= 15 is 0 Å². The molecule has 1 aliphatic rings. The molecule has 0 saturated heterocycles. The lowest BCUT2D eigenvalue weighted by molar-refractivity contribution is 0.0512. The summed E-state index contributed by atoms with van der Waals surface area (Å²) < 4.78 is 18.2. The maximum Gasteiger partial charge on any atom is 0.123 e. The second-order valence-electron chi connectivity index (χ2n) is 6.02. The molecule has 2 rings (SSSR count). The third kappa shape index (κ3) is 4.40. The first-order chi connectivity index (χ1) is 10.0. The molecule has 0 radical (unpaired) electrons. The largest absolute Gasteiger partial charge is 0.491 e. The molecule has 1 aromatic rings. The van der Waals surface area contributed by atoms with E-state index in [-0.39, 0.29) is 18.0 Å². The Labute approximate surface area is 125 Å². The Bertz CT molecular complexity index is 432. The van der Waals surface area contributed by atoms with Gasteiger partial charge in [0.05, 0.1) is 0 Å². The summed E-state index contributed by atoms with van der Waals surface area (Å²) in [6.07, 6.45) is 3.11. The van der Waals surface area contributed by atoms with E-state index in [0.717, 1.165) is 6.54 Å². The first-order valence-electron chi connectivity index (χ1n) is 7.46. The summed E-state index contributed by atoms with van der Waals surface area (Å²) in [5.74, 6) is 0.276. The molecule has 5 heteroatoms. The number of nitrogens with zero attached hydrogens (tertiary/aromatic N) is 1. The lowest BCUT2D eigenvalue weighted by Crippen LogP contribution is -2.57. The first-order valence-corrected chi connectivity index (χ1v) is 7.46. The van der Waals surface area contributed by atoms with Gasteiger partial charge in [-0.3, -0.25) is 0 Å². The second kappa shape index (κ2) is 7.20. The standard InChI is InChI=1S/C16H25FN2O2/c1-19(2)16(8-3-9-16)12-18-10-14(20)11-21-15-6-4-13(17)5-7-15/h4-7,14,18,20H,3,8-12H2,1-2H3. The molecular formula is C16H25FN2O2. The number of aliphatic hydroxyl groups is 1. The maximum atomic E-state index is 12.7. The molecule has 1 aromatic carbocycles. The van der Waals surface area contributed by atoms with Gasteiger partial charge in [0.25, 0.3) is 0 Å². The average Bonchev–Trinajstić information content (AvgIpc) is 2.40. The normalized spacial score (nSPS) is 18.3. The van der Waals surface area contributed by atoms with Crippen molar-refractivity contribution in [3.8, 4) is 5.75 Å². The van der Waals surface area contributed by atoms with Crippen LogP contribution in [0.5, 0.6) is 5.75 Å². The molecule has 1 unspecified atom stereocenters. The Kier molecular flexibility index (Phi) is 5.56. The van der Waals surface area contributed by atoms with Crippen molar-refractivity contribution in [3.63, 3.8) is 0 Å². The van der Waals surface area contributed by atoms with Crippen LogP contribution in [0.25, 0.3) is 0 Å². The van der Waals surface area contributed by atoms with Gasteiger partial charge in [-0.1, -0.05) is 0 Å². The zero-order chi connectivity index (χ0) is 15.3. The third-order valence-electron chi connectivity index (χ3n) is 4.32.